The maximum Gasteiger partial charge on any atom is 0.0204 e. The molecule has 2 saturated heterocycles. The standard InChI is InChI=1S/C13H20N2/c1-10-6-13(9-15-10)7-11(8-13)5-12-3-2-4-14-12/h5,11,14-15H,1-4,6-9H2/b12-5+. The van der Waals surface area contributed by atoms with Crippen molar-refractivity contribution in [3.05, 3.63) is 24.0 Å². The van der Waals surface area contributed by atoms with Crippen LogP contribution in [-0.4, -0.2) is 13.1 Å². The van der Waals surface area contributed by atoms with Crippen LogP contribution in [-0.2, 0) is 0 Å². The van der Waals surface area contributed by atoms with E-state index in [9.17, 15) is 0 Å². The van der Waals surface area contributed by atoms with Crippen LogP contribution >= 0.6 is 0 Å². The smallest absolute Gasteiger partial charge is 0.0204 e. The lowest BCUT2D eigenvalue weighted by Crippen LogP contribution is -2.38. The molecular formula is C13H20N2. The van der Waals surface area contributed by atoms with Crippen LogP contribution in [0, 0.1) is 11.3 Å². The molecule has 0 aromatic carbocycles. The van der Waals surface area contributed by atoms with Crippen molar-refractivity contribution in [3.8, 4) is 0 Å². The number of nitrogens with one attached hydrogen (secondary N) is 2. The molecule has 3 aliphatic rings. The second-order valence-corrected chi connectivity index (χ2v) is 5.52. The van der Waals surface area contributed by atoms with E-state index in [2.05, 4.69) is 23.3 Å². The van der Waals surface area contributed by atoms with E-state index >= 15 is 0 Å². The van der Waals surface area contributed by atoms with Gasteiger partial charge in [0.2, 0.25) is 0 Å². The number of hydrogen-bond acceptors (Lipinski definition) is 2. The molecule has 2 aliphatic heterocycles. The van der Waals surface area contributed by atoms with Gasteiger partial charge in [0.15, 0.2) is 0 Å². The van der Waals surface area contributed by atoms with Gasteiger partial charge in [-0.2, -0.15) is 0 Å². The molecule has 2 heteroatoms. The van der Waals surface area contributed by atoms with Gasteiger partial charge in [0.1, 0.15) is 0 Å². The summed E-state index contributed by atoms with van der Waals surface area (Å²) in [4.78, 5) is 0. The molecule has 0 atom stereocenters. The molecule has 15 heavy (non-hydrogen) atoms. The minimum Gasteiger partial charge on any atom is -0.389 e. The average Bonchev–Trinajstić information content (AvgIpc) is 2.74. The summed E-state index contributed by atoms with van der Waals surface area (Å²) < 4.78 is 0. The van der Waals surface area contributed by atoms with Crippen LogP contribution in [0.1, 0.15) is 32.1 Å². The molecule has 1 aliphatic carbocycles. The van der Waals surface area contributed by atoms with E-state index in [4.69, 9.17) is 0 Å². The minimum atomic E-state index is 0.581. The zero-order chi connectivity index (χ0) is 10.3. The van der Waals surface area contributed by atoms with Crippen LogP contribution in [0.3, 0.4) is 0 Å². The van der Waals surface area contributed by atoms with Crippen molar-refractivity contribution in [2.75, 3.05) is 13.1 Å². The quantitative estimate of drug-likeness (QED) is 0.684. The van der Waals surface area contributed by atoms with Gasteiger partial charge in [0, 0.05) is 24.5 Å². The zero-order valence-corrected chi connectivity index (χ0v) is 9.31. The van der Waals surface area contributed by atoms with Gasteiger partial charge in [-0.1, -0.05) is 12.7 Å². The monoisotopic (exact) mass is 204 g/mol. The maximum absolute atomic E-state index is 4.02. The van der Waals surface area contributed by atoms with E-state index in [1.807, 2.05) is 0 Å². The highest BCUT2D eigenvalue weighted by Gasteiger charge is 2.46. The Labute approximate surface area is 91.8 Å². The van der Waals surface area contributed by atoms with Gasteiger partial charge in [0.05, 0.1) is 0 Å². The van der Waals surface area contributed by atoms with E-state index in [1.54, 1.807) is 0 Å². The van der Waals surface area contributed by atoms with Crippen molar-refractivity contribution in [1.82, 2.24) is 10.6 Å². The molecule has 3 fully saturated rings. The summed E-state index contributed by atoms with van der Waals surface area (Å²) >= 11 is 0. The Bertz CT molecular complexity index is 302. The Morgan fingerprint density at radius 2 is 2.20 bits per heavy atom. The predicted octanol–water partition coefficient (Wildman–Crippen LogP) is 2.16. The summed E-state index contributed by atoms with van der Waals surface area (Å²) in [5, 5.41) is 6.87. The zero-order valence-electron chi connectivity index (χ0n) is 9.31. The lowest BCUT2D eigenvalue weighted by Gasteiger charge is -2.43. The molecular weight excluding hydrogens is 184 g/mol. The third-order valence-electron chi connectivity index (χ3n) is 4.10. The Morgan fingerprint density at radius 3 is 2.80 bits per heavy atom. The van der Waals surface area contributed by atoms with Crippen molar-refractivity contribution in [2.24, 2.45) is 11.3 Å². The molecule has 0 aromatic rings. The summed E-state index contributed by atoms with van der Waals surface area (Å²) in [5.41, 5.74) is 3.33. The first-order valence-electron chi connectivity index (χ1n) is 6.12. The van der Waals surface area contributed by atoms with Gasteiger partial charge in [-0.15, -0.1) is 0 Å². The van der Waals surface area contributed by atoms with Crippen LogP contribution in [0.4, 0.5) is 0 Å². The van der Waals surface area contributed by atoms with Gasteiger partial charge < -0.3 is 10.6 Å². The fraction of sp³-hybridized carbons (Fsp3) is 0.692. The molecule has 3 rings (SSSR count). The first-order valence-corrected chi connectivity index (χ1v) is 6.12. The number of rotatable bonds is 1. The molecule has 2 heterocycles. The predicted molar refractivity (Wildman–Crippen MR) is 62.2 cm³/mol. The second-order valence-electron chi connectivity index (χ2n) is 5.52. The fourth-order valence-corrected chi connectivity index (χ4v) is 3.39. The minimum absolute atomic E-state index is 0.581. The van der Waals surface area contributed by atoms with Gasteiger partial charge >= 0.3 is 0 Å². The Hall–Kier alpha value is -0.920. The normalized spacial score (nSPS) is 41.7. The van der Waals surface area contributed by atoms with E-state index in [0.29, 0.717) is 5.41 Å². The maximum atomic E-state index is 4.02. The Balaban J connectivity index is 1.57. The number of hydrogen-bond donors (Lipinski definition) is 2. The van der Waals surface area contributed by atoms with Crippen molar-refractivity contribution in [3.63, 3.8) is 0 Å². The summed E-state index contributed by atoms with van der Waals surface area (Å²) in [6.07, 6.45) is 9.02. The molecule has 2 nitrogen and oxygen atoms in total. The first-order chi connectivity index (χ1) is 7.26. The molecule has 0 bridgehead atoms. The highest BCUT2D eigenvalue weighted by atomic mass is 15.0. The molecule has 0 aromatic heterocycles. The third kappa shape index (κ3) is 1.66. The molecule has 2 N–H and O–H groups in total. The highest BCUT2D eigenvalue weighted by Crippen LogP contribution is 2.52. The van der Waals surface area contributed by atoms with Crippen LogP contribution in [0.15, 0.2) is 24.0 Å². The van der Waals surface area contributed by atoms with Crippen LogP contribution in [0.5, 0.6) is 0 Å². The van der Waals surface area contributed by atoms with E-state index in [1.165, 1.54) is 56.6 Å². The Kier molecular flexibility index (Phi) is 2.04. The molecule has 0 radical (unpaired) electrons. The lowest BCUT2D eigenvalue weighted by atomic mass is 9.61. The topological polar surface area (TPSA) is 24.1 Å². The van der Waals surface area contributed by atoms with Gasteiger partial charge in [0.25, 0.3) is 0 Å². The molecule has 0 amide bonds. The fourth-order valence-electron chi connectivity index (χ4n) is 3.39. The van der Waals surface area contributed by atoms with E-state index in [0.717, 1.165) is 5.92 Å². The van der Waals surface area contributed by atoms with Gasteiger partial charge in [-0.05, 0) is 43.4 Å². The van der Waals surface area contributed by atoms with Crippen LogP contribution in [0.2, 0.25) is 0 Å². The lowest BCUT2D eigenvalue weighted by molar-refractivity contribution is 0.110. The average molecular weight is 204 g/mol. The van der Waals surface area contributed by atoms with Crippen LogP contribution < -0.4 is 10.6 Å². The van der Waals surface area contributed by atoms with Gasteiger partial charge in [-0.3, -0.25) is 0 Å². The van der Waals surface area contributed by atoms with Crippen molar-refractivity contribution in [1.29, 1.82) is 0 Å². The molecule has 1 spiro atoms. The van der Waals surface area contributed by atoms with Gasteiger partial charge in [-0.25, -0.2) is 0 Å². The second kappa shape index (κ2) is 3.29. The van der Waals surface area contributed by atoms with Crippen LogP contribution in [0.25, 0.3) is 0 Å². The summed E-state index contributed by atoms with van der Waals surface area (Å²) in [6.45, 7) is 6.37. The van der Waals surface area contributed by atoms with Crippen molar-refractivity contribution in [2.45, 2.75) is 32.1 Å². The SMILES string of the molecule is C=C1CC2(CN1)CC(/C=C1\CCCN1)C2. The molecule has 82 valence electrons. The number of allylic oxidation sites excluding steroid dienone is 3. The highest BCUT2D eigenvalue weighted by molar-refractivity contribution is 5.17. The van der Waals surface area contributed by atoms with E-state index < -0.39 is 0 Å². The third-order valence-corrected chi connectivity index (χ3v) is 4.10. The summed E-state index contributed by atoms with van der Waals surface area (Å²) in [5.74, 6) is 0.832. The summed E-state index contributed by atoms with van der Waals surface area (Å²) in [6, 6.07) is 0. The van der Waals surface area contributed by atoms with Crippen molar-refractivity contribution >= 4 is 0 Å². The molecule has 1 saturated carbocycles. The largest absolute Gasteiger partial charge is 0.389 e. The summed E-state index contributed by atoms with van der Waals surface area (Å²) in [7, 11) is 0. The Morgan fingerprint density at radius 1 is 1.33 bits per heavy atom. The molecule has 0 unspecified atom stereocenters. The van der Waals surface area contributed by atoms with E-state index in [-0.39, 0.29) is 0 Å². The first kappa shape index (κ1) is 9.32. The van der Waals surface area contributed by atoms with Crippen molar-refractivity contribution < 1.29 is 0 Å².